The second-order valence-corrected chi connectivity index (χ2v) is 12.9. The monoisotopic (exact) mass is 635 g/mol. The second-order valence-electron chi connectivity index (χ2n) is 12.9. The van der Waals surface area contributed by atoms with Gasteiger partial charge >= 0.3 is 0 Å². The number of hydrogen-bond donors (Lipinski definition) is 0. The van der Waals surface area contributed by atoms with Gasteiger partial charge < -0.3 is 0 Å². The van der Waals surface area contributed by atoms with Crippen LogP contribution in [0.1, 0.15) is 0 Å². The van der Waals surface area contributed by atoms with Crippen LogP contribution in [0.4, 0.5) is 0 Å². The molecule has 3 heteroatoms. The van der Waals surface area contributed by atoms with Crippen molar-refractivity contribution in [1.29, 1.82) is 0 Å². The predicted octanol–water partition coefficient (Wildman–Crippen LogP) is 12.3. The van der Waals surface area contributed by atoms with E-state index >= 15 is 0 Å². The van der Waals surface area contributed by atoms with Crippen LogP contribution >= 0.6 is 0 Å². The second kappa shape index (κ2) is 11.5. The third kappa shape index (κ3) is 4.79. The van der Waals surface area contributed by atoms with Gasteiger partial charge in [0.05, 0.1) is 0 Å². The normalized spacial score (nSPS) is 11.6. The summed E-state index contributed by atoms with van der Waals surface area (Å²) in [5.41, 5.74) is 5.16. The lowest BCUT2D eigenvalue weighted by molar-refractivity contribution is 1.08. The van der Waals surface area contributed by atoms with Crippen molar-refractivity contribution in [3.05, 3.63) is 176 Å². The highest BCUT2D eigenvalue weighted by atomic mass is 15.0. The Morgan fingerprint density at radius 2 is 0.740 bits per heavy atom. The summed E-state index contributed by atoms with van der Waals surface area (Å²) in [5.74, 6) is 1.94. The minimum Gasteiger partial charge on any atom is -0.208 e. The Kier molecular flexibility index (Phi) is 6.49. The average molecular weight is 636 g/mol. The molecule has 0 bridgehead atoms. The Morgan fingerprint density at radius 1 is 0.260 bits per heavy atom. The number of aromatic nitrogens is 3. The number of hydrogen-bond acceptors (Lipinski definition) is 3. The van der Waals surface area contributed by atoms with Crippen LogP contribution in [0.25, 0.3) is 99.2 Å². The standard InChI is InChI=1S/C47H29N3/c1-3-12-34-27-38(21-19-30(34)9-1)46-48-45(49-47(50-46)39-22-20-31-10-2-4-13-35(31)28-39)37-16-7-15-36(29-37)41-18-8-14-33-24-25-42-40-17-6-5-11-32(40)23-26-43(42)44(33)41/h1-29H. The molecule has 0 atom stereocenters. The fourth-order valence-corrected chi connectivity index (χ4v) is 7.36. The fourth-order valence-electron chi connectivity index (χ4n) is 7.36. The first kappa shape index (κ1) is 28.3. The maximum atomic E-state index is 5.13. The first-order valence-corrected chi connectivity index (χ1v) is 16.9. The topological polar surface area (TPSA) is 38.7 Å². The molecule has 0 radical (unpaired) electrons. The number of rotatable bonds is 4. The Bertz CT molecular complexity index is 2850. The van der Waals surface area contributed by atoms with E-state index in [4.69, 9.17) is 15.0 Å². The summed E-state index contributed by atoms with van der Waals surface area (Å²) in [5, 5.41) is 12.2. The molecule has 0 saturated heterocycles. The Morgan fingerprint density at radius 3 is 1.42 bits per heavy atom. The average Bonchev–Trinajstić information content (AvgIpc) is 3.19. The van der Waals surface area contributed by atoms with E-state index in [0.717, 1.165) is 33.0 Å². The van der Waals surface area contributed by atoms with Crippen molar-refractivity contribution in [3.8, 4) is 45.3 Å². The van der Waals surface area contributed by atoms with Crippen molar-refractivity contribution in [1.82, 2.24) is 15.0 Å². The molecule has 0 spiro atoms. The van der Waals surface area contributed by atoms with Crippen molar-refractivity contribution in [2.24, 2.45) is 0 Å². The van der Waals surface area contributed by atoms with Crippen molar-refractivity contribution >= 4 is 53.9 Å². The predicted molar refractivity (Wildman–Crippen MR) is 209 cm³/mol. The van der Waals surface area contributed by atoms with Crippen LogP contribution in [-0.2, 0) is 0 Å². The lowest BCUT2D eigenvalue weighted by atomic mass is 9.91. The molecule has 9 aromatic carbocycles. The Balaban J connectivity index is 1.17. The van der Waals surface area contributed by atoms with Crippen molar-refractivity contribution < 1.29 is 0 Å². The van der Waals surface area contributed by atoms with E-state index in [2.05, 4.69) is 176 Å². The van der Waals surface area contributed by atoms with E-state index in [1.54, 1.807) is 0 Å². The van der Waals surface area contributed by atoms with Gasteiger partial charge in [-0.25, -0.2) is 15.0 Å². The summed E-state index contributed by atoms with van der Waals surface area (Å²) in [6, 6.07) is 62.4. The SMILES string of the molecule is c1cc(-c2nc(-c3ccc4ccccc4c3)nc(-c3ccc4ccccc4c3)n2)cc(-c2cccc3ccc4c5ccccc5ccc4c23)c1. The lowest BCUT2D eigenvalue weighted by Crippen LogP contribution is -2.00. The van der Waals surface area contributed by atoms with E-state index < -0.39 is 0 Å². The molecule has 0 unspecified atom stereocenters. The minimum atomic E-state index is 0.643. The lowest BCUT2D eigenvalue weighted by Gasteiger charge is -2.13. The summed E-state index contributed by atoms with van der Waals surface area (Å²) in [6.45, 7) is 0. The van der Waals surface area contributed by atoms with Gasteiger partial charge in [0.1, 0.15) is 0 Å². The molecule has 0 amide bonds. The van der Waals surface area contributed by atoms with E-state index in [9.17, 15) is 0 Å². The van der Waals surface area contributed by atoms with Crippen molar-refractivity contribution in [2.75, 3.05) is 0 Å². The van der Waals surface area contributed by atoms with Crippen LogP contribution < -0.4 is 0 Å². The third-order valence-electron chi connectivity index (χ3n) is 9.85. The summed E-state index contributed by atoms with van der Waals surface area (Å²) in [4.78, 5) is 15.3. The third-order valence-corrected chi connectivity index (χ3v) is 9.85. The largest absolute Gasteiger partial charge is 0.208 e. The van der Waals surface area contributed by atoms with E-state index in [1.807, 2.05) is 0 Å². The van der Waals surface area contributed by atoms with Gasteiger partial charge in [0.25, 0.3) is 0 Å². The molecule has 1 aromatic heterocycles. The van der Waals surface area contributed by atoms with Gasteiger partial charge in [0.2, 0.25) is 0 Å². The smallest absolute Gasteiger partial charge is 0.164 e. The molecule has 0 aliphatic rings. The van der Waals surface area contributed by atoms with Crippen molar-refractivity contribution in [3.63, 3.8) is 0 Å². The zero-order valence-electron chi connectivity index (χ0n) is 27.1. The van der Waals surface area contributed by atoms with E-state index in [0.29, 0.717) is 17.5 Å². The van der Waals surface area contributed by atoms with E-state index in [1.165, 1.54) is 48.7 Å². The molecule has 1 heterocycles. The fraction of sp³-hybridized carbons (Fsp3) is 0. The van der Waals surface area contributed by atoms with Gasteiger partial charge in [-0.15, -0.1) is 0 Å². The highest BCUT2D eigenvalue weighted by molar-refractivity contribution is 6.21. The van der Waals surface area contributed by atoms with Gasteiger partial charge in [0.15, 0.2) is 17.5 Å². The molecular formula is C47H29N3. The van der Waals surface area contributed by atoms with Crippen LogP contribution in [-0.4, -0.2) is 15.0 Å². The Hall–Kier alpha value is -6.71. The summed E-state index contributed by atoms with van der Waals surface area (Å²) < 4.78 is 0. The number of benzene rings is 9. The van der Waals surface area contributed by atoms with Crippen LogP contribution in [0.2, 0.25) is 0 Å². The number of nitrogens with zero attached hydrogens (tertiary/aromatic N) is 3. The molecule has 0 aliphatic carbocycles. The van der Waals surface area contributed by atoms with E-state index in [-0.39, 0.29) is 0 Å². The molecule has 0 saturated carbocycles. The molecule has 0 fully saturated rings. The zero-order valence-corrected chi connectivity index (χ0v) is 27.1. The first-order chi connectivity index (χ1) is 24.7. The molecule has 50 heavy (non-hydrogen) atoms. The Labute approximate surface area is 289 Å². The van der Waals surface area contributed by atoms with Crippen molar-refractivity contribution in [2.45, 2.75) is 0 Å². The number of fused-ring (bicyclic) bond motifs is 7. The molecule has 232 valence electrons. The van der Waals surface area contributed by atoms with Crippen LogP contribution in [0, 0.1) is 0 Å². The zero-order chi connectivity index (χ0) is 33.0. The summed E-state index contributed by atoms with van der Waals surface area (Å²) in [7, 11) is 0. The van der Waals surface area contributed by atoms with Gasteiger partial charge in [-0.2, -0.15) is 0 Å². The molecule has 10 aromatic rings. The highest BCUT2D eigenvalue weighted by Gasteiger charge is 2.15. The highest BCUT2D eigenvalue weighted by Crippen LogP contribution is 2.38. The molecule has 0 N–H and O–H groups in total. The van der Waals surface area contributed by atoms with Crippen LogP contribution in [0.5, 0.6) is 0 Å². The van der Waals surface area contributed by atoms with Crippen LogP contribution in [0.15, 0.2) is 176 Å². The quantitative estimate of drug-likeness (QED) is 0.181. The first-order valence-electron chi connectivity index (χ1n) is 16.9. The van der Waals surface area contributed by atoms with Gasteiger partial charge in [0, 0.05) is 16.7 Å². The molecular weight excluding hydrogens is 607 g/mol. The molecule has 3 nitrogen and oxygen atoms in total. The minimum absolute atomic E-state index is 0.643. The summed E-state index contributed by atoms with van der Waals surface area (Å²) >= 11 is 0. The maximum Gasteiger partial charge on any atom is 0.164 e. The van der Waals surface area contributed by atoms with Gasteiger partial charge in [-0.1, -0.05) is 158 Å². The maximum absolute atomic E-state index is 5.13. The van der Waals surface area contributed by atoms with Gasteiger partial charge in [-0.3, -0.25) is 0 Å². The van der Waals surface area contributed by atoms with Crippen LogP contribution in [0.3, 0.4) is 0 Å². The summed E-state index contributed by atoms with van der Waals surface area (Å²) in [6.07, 6.45) is 0. The molecule has 0 aliphatic heterocycles. The van der Waals surface area contributed by atoms with Gasteiger partial charge in [-0.05, 0) is 83.2 Å². The molecule has 10 rings (SSSR count).